The Morgan fingerprint density at radius 2 is 2.09 bits per heavy atom. The van der Waals surface area contributed by atoms with Crippen molar-refractivity contribution in [2.75, 3.05) is 12.4 Å². The molecule has 3 atom stereocenters. The third-order valence-corrected chi connectivity index (χ3v) is 7.59. The molecule has 1 fully saturated rings. The molecule has 7 nitrogen and oxygen atoms in total. The van der Waals surface area contributed by atoms with Gasteiger partial charge in [-0.15, -0.1) is 0 Å². The first-order valence-electron chi connectivity index (χ1n) is 11.6. The Hall–Kier alpha value is -2.41. The van der Waals surface area contributed by atoms with Crippen molar-refractivity contribution in [1.29, 1.82) is 0 Å². The number of anilines is 1. The van der Waals surface area contributed by atoms with Gasteiger partial charge in [-0.1, -0.05) is 31.9 Å². The van der Waals surface area contributed by atoms with Crippen LogP contribution in [-0.4, -0.2) is 45.0 Å². The number of hydrazone groups is 1. The van der Waals surface area contributed by atoms with Crippen LogP contribution in [0.1, 0.15) is 51.6 Å². The van der Waals surface area contributed by atoms with Crippen molar-refractivity contribution in [1.82, 2.24) is 19.8 Å². The summed E-state index contributed by atoms with van der Waals surface area (Å²) in [4.78, 5) is 17.5. The maximum atomic E-state index is 13.1. The molecule has 1 amide bonds. The van der Waals surface area contributed by atoms with Crippen molar-refractivity contribution in [3.05, 3.63) is 29.2 Å². The van der Waals surface area contributed by atoms with Gasteiger partial charge in [0.15, 0.2) is 0 Å². The van der Waals surface area contributed by atoms with E-state index in [2.05, 4.69) is 44.0 Å². The third kappa shape index (κ3) is 4.03. The molecular weight excluding hydrogens is 424 g/mol. The van der Waals surface area contributed by atoms with Gasteiger partial charge in [0, 0.05) is 55.2 Å². The minimum atomic E-state index is 0.00451. The summed E-state index contributed by atoms with van der Waals surface area (Å²) < 4.78 is 2.07. The summed E-state index contributed by atoms with van der Waals surface area (Å²) in [5.41, 5.74) is 3.28. The summed E-state index contributed by atoms with van der Waals surface area (Å²) >= 11 is 6.52. The van der Waals surface area contributed by atoms with E-state index in [0.29, 0.717) is 22.8 Å². The first-order valence-corrected chi connectivity index (χ1v) is 12.0. The van der Waals surface area contributed by atoms with Crippen LogP contribution in [0.3, 0.4) is 0 Å². The molecule has 0 aromatic carbocycles. The Bertz CT molecular complexity index is 1060. The van der Waals surface area contributed by atoms with Gasteiger partial charge in [0.2, 0.25) is 5.91 Å². The minimum Gasteiger partial charge on any atom is -0.310 e. The quantitative estimate of drug-likeness (QED) is 0.731. The molecule has 1 aliphatic carbocycles. The normalized spacial score (nSPS) is 26.4. The van der Waals surface area contributed by atoms with E-state index < -0.39 is 0 Å². The SMILES string of the molecule is CN1N=CCC1[C@@H]1CCCC(C(=O)Nc2cc(-c3cnn4c3CC(C)(C)C4)c(Cl)cn2)C1. The molecule has 4 heterocycles. The number of fused-ring (bicyclic) bond motifs is 1. The van der Waals surface area contributed by atoms with Crippen LogP contribution in [0.4, 0.5) is 5.82 Å². The van der Waals surface area contributed by atoms with Crippen LogP contribution in [0.5, 0.6) is 0 Å². The number of nitrogens with one attached hydrogen (secondary N) is 1. The van der Waals surface area contributed by atoms with Gasteiger partial charge in [0.05, 0.1) is 17.3 Å². The lowest BCUT2D eigenvalue weighted by Crippen LogP contribution is -2.37. The van der Waals surface area contributed by atoms with Gasteiger partial charge in [-0.2, -0.15) is 10.2 Å². The number of carbonyl (C=O) groups is 1. The van der Waals surface area contributed by atoms with E-state index in [9.17, 15) is 4.79 Å². The van der Waals surface area contributed by atoms with Crippen LogP contribution < -0.4 is 5.32 Å². The van der Waals surface area contributed by atoms with Crippen molar-refractivity contribution in [3.63, 3.8) is 0 Å². The van der Waals surface area contributed by atoms with Crippen LogP contribution >= 0.6 is 11.6 Å². The van der Waals surface area contributed by atoms with Gasteiger partial charge >= 0.3 is 0 Å². The predicted octanol–water partition coefficient (Wildman–Crippen LogP) is 4.62. The summed E-state index contributed by atoms with van der Waals surface area (Å²) in [5.74, 6) is 1.11. The number of halogens is 1. The zero-order valence-electron chi connectivity index (χ0n) is 19.0. The minimum absolute atomic E-state index is 0.00451. The first kappa shape index (κ1) is 21.4. The standard InChI is InChI=1S/C24H31ClN6O/c1-24(2)11-21-18(12-28-31(21)14-24)17-10-22(26-13-19(17)25)29-23(32)16-6-4-5-15(9-16)20-7-8-27-30(20)3/h8,10,12-13,15-16,20H,4-7,9,11,14H2,1-3H3,(H,26,29,32)/t15-,16?,20?/m1/s1. The number of amides is 1. The molecule has 2 aromatic heterocycles. The molecule has 3 aliphatic rings. The number of rotatable bonds is 4. The summed E-state index contributed by atoms with van der Waals surface area (Å²) in [7, 11) is 2.03. The van der Waals surface area contributed by atoms with Crippen LogP contribution in [-0.2, 0) is 17.8 Å². The monoisotopic (exact) mass is 454 g/mol. The molecule has 0 bridgehead atoms. The molecule has 0 saturated heterocycles. The Labute approximate surface area is 194 Å². The highest BCUT2D eigenvalue weighted by Crippen LogP contribution is 2.40. The van der Waals surface area contributed by atoms with Gasteiger partial charge < -0.3 is 5.32 Å². The molecule has 170 valence electrons. The van der Waals surface area contributed by atoms with Crippen LogP contribution in [0.15, 0.2) is 23.6 Å². The molecule has 1 N–H and O–H groups in total. The smallest absolute Gasteiger partial charge is 0.228 e. The van der Waals surface area contributed by atoms with Crippen molar-refractivity contribution in [2.24, 2.45) is 22.4 Å². The summed E-state index contributed by atoms with van der Waals surface area (Å²) in [6.07, 6.45) is 11.5. The molecule has 1 saturated carbocycles. The Kier molecular flexibility index (Phi) is 5.48. The Morgan fingerprint density at radius 1 is 1.25 bits per heavy atom. The molecule has 0 spiro atoms. The molecule has 2 aromatic rings. The fourth-order valence-corrected chi connectivity index (χ4v) is 5.85. The predicted molar refractivity (Wildman–Crippen MR) is 127 cm³/mol. The van der Waals surface area contributed by atoms with E-state index in [1.165, 1.54) is 5.69 Å². The van der Waals surface area contributed by atoms with Crippen LogP contribution in [0.2, 0.25) is 5.02 Å². The second kappa shape index (κ2) is 8.18. The highest BCUT2D eigenvalue weighted by Gasteiger charge is 2.35. The van der Waals surface area contributed by atoms with Gasteiger partial charge in [-0.25, -0.2) is 4.98 Å². The van der Waals surface area contributed by atoms with E-state index in [-0.39, 0.29) is 17.2 Å². The molecule has 0 radical (unpaired) electrons. The topological polar surface area (TPSA) is 75.4 Å². The first-order chi connectivity index (χ1) is 15.3. The lowest BCUT2D eigenvalue weighted by molar-refractivity contribution is -0.121. The highest BCUT2D eigenvalue weighted by atomic mass is 35.5. The van der Waals surface area contributed by atoms with E-state index in [4.69, 9.17) is 11.6 Å². The van der Waals surface area contributed by atoms with Crippen LogP contribution in [0.25, 0.3) is 11.1 Å². The number of aromatic nitrogens is 3. The molecular formula is C24H31ClN6O. The zero-order valence-corrected chi connectivity index (χ0v) is 19.8. The van der Waals surface area contributed by atoms with Crippen molar-refractivity contribution < 1.29 is 4.79 Å². The van der Waals surface area contributed by atoms with E-state index in [1.807, 2.05) is 25.5 Å². The maximum absolute atomic E-state index is 13.1. The number of nitrogens with zero attached hydrogens (tertiary/aromatic N) is 5. The number of hydrogen-bond donors (Lipinski definition) is 1. The van der Waals surface area contributed by atoms with Gasteiger partial charge in [-0.3, -0.25) is 14.5 Å². The average molecular weight is 455 g/mol. The third-order valence-electron chi connectivity index (χ3n) is 7.29. The average Bonchev–Trinajstić information content (AvgIpc) is 3.43. The molecule has 2 unspecified atom stereocenters. The molecule has 32 heavy (non-hydrogen) atoms. The second-order valence-electron chi connectivity index (χ2n) is 10.3. The maximum Gasteiger partial charge on any atom is 0.228 e. The zero-order chi connectivity index (χ0) is 22.5. The van der Waals surface area contributed by atoms with Crippen molar-refractivity contribution in [2.45, 2.75) is 65.0 Å². The summed E-state index contributed by atoms with van der Waals surface area (Å²) in [6.45, 7) is 5.40. The molecule has 8 heteroatoms. The lowest BCUT2D eigenvalue weighted by atomic mass is 9.76. The van der Waals surface area contributed by atoms with Crippen LogP contribution in [0, 0.1) is 17.3 Å². The van der Waals surface area contributed by atoms with Crippen molar-refractivity contribution >= 4 is 29.5 Å². The Balaban J connectivity index is 1.31. The van der Waals surface area contributed by atoms with E-state index in [1.54, 1.807) is 6.20 Å². The van der Waals surface area contributed by atoms with Gasteiger partial charge in [0.1, 0.15) is 5.82 Å². The fourth-order valence-electron chi connectivity index (χ4n) is 5.65. The van der Waals surface area contributed by atoms with E-state index >= 15 is 0 Å². The lowest BCUT2D eigenvalue weighted by Gasteiger charge is -2.34. The molecule has 2 aliphatic heterocycles. The number of hydrogen-bond acceptors (Lipinski definition) is 5. The summed E-state index contributed by atoms with van der Waals surface area (Å²) in [5, 5.41) is 14.6. The largest absolute Gasteiger partial charge is 0.310 e. The van der Waals surface area contributed by atoms with Crippen molar-refractivity contribution in [3.8, 4) is 11.1 Å². The second-order valence-corrected chi connectivity index (χ2v) is 10.7. The van der Waals surface area contributed by atoms with E-state index in [0.717, 1.165) is 56.2 Å². The number of pyridine rings is 1. The van der Waals surface area contributed by atoms with Gasteiger partial charge in [-0.05, 0) is 43.1 Å². The fraction of sp³-hybridized carbons (Fsp3) is 0.583. The highest BCUT2D eigenvalue weighted by molar-refractivity contribution is 6.33. The number of carbonyl (C=O) groups excluding carboxylic acids is 1. The van der Waals surface area contributed by atoms with Gasteiger partial charge in [0.25, 0.3) is 0 Å². The summed E-state index contributed by atoms with van der Waals surface area (Å²) in [6, 6.07) is 2.31. The Morgan fingerprint density at radius 3 is 2.88 bits per heavy atom. The molecule has 5 rings (SSSR count).